The highest BCUT2D eigenvalue weighted by atomic mass is 32.2. The van der Waals surface area contributed by atoms with Crippen molar-refractivity contribution in [3.63, 3.8) is 0 Å². The van der Waals surface area contributed by atoms with Gasteiger partial charge in [0.15, 0.2) is 45.9 Å². The number of rotatable bonds is 8. The molecule has 0 fully saturated rings. The first-order chi connectivity index (χ1) is 17.0. The summed E-state index contributed by atoms with van der Waals surface area (Å²) in [5, 5.41) is 11.9. The van der Waals surface area contributed by atoms with Gasteiger partial charge >= 0.3 is 0 Å². The van der Waals surface area contributed by atoms with E-state index in [0.717, 1.165) is 0 Å². The number of nitrogens with one attached hydrogen (secondary N) is 1. The number of carbonyl (C=O) groups excluding carboxylic acids is 2. The summed E-state index contributed by atoms with van der Waals surface area (Å²) in [5.74, 6) is 2.39. The Kier molecular flexibility index (Phi) is 6.32. The van der Waals surface area contributed by atoms with Gasteiger partial charge in [0.25, 0.3) is 0 Å². The molecule has 2 aliphatic heterocycles. The number of para-hydroxylation sites is 2. The van der Waals surface area contributed by atoms with Crippen LogP contribution in [0.1, 0.15) is 29.2 Å². The molecule has 0 spiro atoms. The number of Topliss-reactive ketones (excluding diaryl/α,β-unsaturated/α-hetero) is 1. The number of nitrogens with zero attached hydrogens (tertiary/aromatic N) is 3. The van der Waals surface area contributed by atoms with Crippen molar-refractivity contribution < 1.29 is 28.5 Å². The minimum absolute atomic E-state index is 0.0475. The second kappa shape index (κ2) is 9.71. The average Bonchev–Trinajstić information content (AvgIpc) is 3.48. The number of benzene rings is 2. The fraction of sp³-hybridized carbons (Fsp3) is 0.250. The van der Waals surface area contributed by atoms with Crippen LogP contribution in [0, 0.1) is 0 Å². The molecule has 11 heteroatoms. The third-order valence-electron chi connectivity index (χ3n) is 5.35. The molecule has 0 aliphatic carbocycles. The molecule has 1 unspecified atom stereocenters. The monoisotopic (exact) mass is 494 g/mol. The Morgan fingerprint density at radius 3 is 2.69 bits per heavy atom. The standard InChI is InChI=1S/C24H22N4O6S/c1-3-8-28-23(21-11-31-17-6-4-5-7-18(17)34-21)26-27-24(28)35-12-22(30)25-16-10-20-19(32-13-33-20)9-15(16)14(2)29/h3-7,9-10,21H,1,8,11-13H2,2H3,(H,25,30). The van der Waals surface area contributed by atoms with E-state index >= 15 is 0 Å². The van der Waals surface area contributed by atoms with E-state index in [9.17, 15) is 9.59 Å². The van der Waals surface area contributed by atoms with Crippen molar-refractivity contribution in [3.8, 4) is 23.0 Å². The van der Waals surface area contributed by atoms with Gasteiger partial charge in [0.2, 0.25) is 12.7 Å². The Balaban J connectivity index is 1.29. The molecule has 3 heterocycles. The highest BCUT2D eigenvalue weighted by molar-refractivity contribution is 7.99. The maximum absolute atomic E-state index is 12.7. The zero-order chi connectivity index (χ0) is 24.4. The molecule has 35 heavy (non-hydrogen) atoms. The molecule has 0 saturated heterocycles. The van der Waals surface area contributed by atoms with Crippen LogP contribution in [0.5, 0.6) is 23.0 Å². The SMILES string of the molecule is C=CCn1c(SCC(=O)Nc2cc3c(cc2C(C)=O)OCO3)nnc1C1COc2ccccc2O1. The molecule has 1 N–H and O–H groups in total. The third kappa shape index (κ3) is 4.67. The van der Waals surface area contributed by atoms with Crippen LogP contribution in [0.2, 0.25) is 0 Å². The molecule has 0 saturated carbocycles. The van der Waals surface area contributed by atoms with Crippen molar-refractivity contribution in [3.05, 3.63) is 60.4 Å². The average molecular weight is 495 g/mol. The Bertz CT molecular complexity index is 1310. The van der Waals surface area contributed by atoms with Crippen LogP contribution in [-0.4, -0.2) is 45.6 Å². The zero-order valence-electron chi connectivity index (χ0n) is 18.9. The van der Waals surface area contributed by atoms with Crippen molar-refractivity contribution in [1.29, 1.82) is 0 Å². The predicted molar refractivity (Wildman–Crippen MR) is 127 cm³/mol. The number of amides is 1. The lowest BCUT2D eigenvalue weighted by atomic mass is 10.1. The highest BCUT2D eigenvalue weighted by Crippen LogP contribution is 2.38. The first-order valence-corrected chi connectivity index (χ1v) is 11.8. The van der Waals surface area contributed by atoms with Crippen molar-refractivity contribution in [2.45, 2.75) is 24.7 Å². The van der Waals surface area contributed by atoms with Gasteiger partial charge in [-0.15, -0.1) is 16.8 Å². The second-order valence-corrected chi connectivity index (χ2v) is 8.69. The number of hydrogen-bond donors (Lipinski definition) is 1. The quantitative estimate of drug-likeness (QED) is 0.285. The number of hydrogen-bond acceptors (Lipinski definition) is 9. The predicted octanol–water partition coefficient (Wildman–Crippen LogP) is 3.64. The molecular formula is C24H22N4O6S. The highest BCUT2D eigenvalue weighted by Gasteiger charge is 2.28. The third-order valence-corrected chi connectivity index (χ3v) is 6.32. The lowest BCUT2D eigenvalue weighted by molar-refractivity contribution is -0.113. The van der Waals surface area contributed by atoms with Crippen LogP contribution in [0.4, 0.5) is 5.69 Å². The van der Waals surface area contributed by atoms with Gasteiger partial charge in [-0.3, -0.25) is 14.2 Å². The zero-order valence-corrected chi connectivity index (χ0v) is 19.7. The lowest BCUT2D eigenvalue weighted by Gasteiger charge is -2.26. The summed E-state index contributed by atoms with van der Waals surface area (Å²) in [6.45, 7) is 6.03. The summed E-state index contributed by atoms with van der Waals surface area (Å²) in [4.78, 5) is 24.8. The van der Waals surface area contributed by atoms with E-state index in [-0.39, 0.29) is 30.8 Å². The minimum Gasteiger partial charge on any atom is -0.485 e. The fourth-order valence-corrected chi connectivity index (χ4v) is 4.50. The van der Waals surface area contributed by atoms with Gasteiger partial charge in [-0.2, -0.15) is 0 Å². The molecule has 1 atom stereocenters. The van der Waals surface area contributed by atoms with Gasteiger partial charge in [-0.25, -0.2) is 0 Å². The minimum atomic E-state index is -0.452. The summed E-state index contributed by atoms with van der Waals surface area (Å²) in [5.41, 5.74) is 0.714. The van der Waals surface area contributed by atoms with E-state index in [1.807, 2.05) is 28.8 Å². The second-order valence-electron chi connectivity index (χ2n) is 7.75. The Morgan fingerprint density at radius 1 is 1.14 bits per heavy atom. The number of carbonyl (C=O) groups is 2. The summed E-state index contributed by atoms with van der Waals surface area (Å²) < 4.78 is 24.4. The number of ketones is 1. The van der Waals surface area contributed by atoms with Crippen molar-refractivity contribution >= 4 is 29.1 Å². The van der Waals surface area contributed by atoms with Gasteiger partial charge in [-0.05, 0) is 25.1 Å². The molecule has 10 nitrogen and oxygen atoms in total. The largest absolute Gasteiger partial charge is 0.485 e. The number of allylic oxidation sites excluding steroid dienone is 1. The topological polar surface area (TPSA) is 114 Å². The van der Waals surface area contributed by atoms with Gasteiger partial charge in [0.05, 0.1) is 11.4 Å². The van der Waals surface area contributed by atoms with Crippen LogP contribution in [-0.2, 0) is 11.3 Å². The maximum Gasteiger partial charge on any atom is 0.234 e. The maximum atomic E-state index is 12.7. The number of fused-ring (bicyclic) bond motifs is 2. The van der Waals surface area contributed by atoms with Gasteiger partial charge in [-0.1, -0.05) is 30.0 Å². The van der Waals surface area contributed by atoms with E-state index in [0.29, 0.717) is 51.8 Å². The van der Waals surface area contributed by atoms with Gasteiger partial charge in [0.1, 0.15) is 6.61 Å². The van der Waals surface area contributed by atoms with Crippen molar-refractivity contribution in [2.24, 2.45) is 0 Å². The summed E-state index contributed by atoms with van der Waals surface area (Å²) >= 11 is 1.22. The van der Waals surface area contributed by atoms with E-state index in [4.69, 9.17) is 18.9 Å². The molecular weight excluding hydrogens is 472 g/mol. The van der Waals surface area contributed by atoms with Crippen molar-refractivity contribution in [2.75, 3.05) is 24.5 Å². The van der Waals surface area contributed by atoms with Gasteiger partial charge in [0, 0.05) is 18.2 Å². The van der Waals surface area contributed by atoms with Crippen LogP contribution >= 0.6 is 11.8 Å². The van der Waals surface area contributed by atoms with E-state index in [2.05, 4.69) is 22.1 Å². The molecule has 2 aromatic carbocycles. The molecule has 1 aromatic heterocycles. The fourth-order valence-electron chi connectivity index (χ4n) is 3.75. The molecule has 180 valence electrons. The molecule has 0 bridgehead atoms. The van der Waals surface area contributed by atoms with Crippen LogP contribution in [0.3, 0.4) is 0 Å². The van der Waals surface area contributed by atoms with E-state index < -0.39 is 6.10 Å². The molecule has 5 rings (SSSR count). The number of ether oxygens (including phenoxy) is 4. The molecule has 2 aliphatic rings. The summed E-state index contributed by atoms with van der Waals surface area (Å²) in [6, 6.07) is 10.6. The Labute approximate surface area is 205 Å². The Morgan fingerprint density at radius 2 is 1.91 bits per heavy atom. The number of anilines is 1. The van der Waals surface area contributed by atoms with Gasteiger partial charge < -0.3 is 24.3 Å². The smallest absolute Gasteiger partial charge is 0.234 e. The number of aromatic nitrogens is 3. The van der Waals surface area contributed by atoms with Crippen LogP contribution < -0.4 is 24.3 Å². The first kappa shape index (κ1) is 22.8. The molecule has 3 aromatic rings. The van der Waals surface area contributed by atoms with E-state index in [1.54, 1.807) is 18.2 Å². The Hall–Kier alpha value is -3.99. The molecule has 0 radical (unpaired) electrons. The van der Waals surface area contributed by atoms with Crippen LogP contribution in [0.15, 0.2) is 54.2 Å². The van der Waals surface area contributed by atoms with Crippen molar-refractivity contribution in [1.82, 2.24) is 14.8 Å². The lowest BCUT2D eigenvalue weighted by Crippen LogP contribution is -2.25. The normalized spacial score (nSPS) is 15.5. The number of thioether (sulfide) groups is 1. The van der Waals surface area contributed by atoms with Crippen LogP contribution in [0.25, 0.3) is 0 Å². The first-order valence-electron chi connectivity index (χ1n) is 10.8. The van der Waals surface area contributed by atoms with E-state index in [1.165, 1.54) is 18.7 Å². The summed E-state index contributed by atoms with van der Waals surface area (Å²) in [6.07, 6.45) is 1.27. The molecule has 1 amide bonds. The summed E-state index contributed by atoms with van der Waals surface area (Å²) in [7, 11) is 0.